The van der Waals surface area contributed by atoms with E-state index in [0.29, 0.717) is 5.75 Å². The molecule has 0 spiro atoms. The maximum Gasteiger partial charge on any atom is 0.233 e. The van der Waals surface area contributed by atoms with Crippen molar-refractivity contribution in [3.63, 3.8) is 0 Å². The molecule has 3 heterocycles. The lowest BCUT2D eigenvalue weighted by Gasteiger charge is -2.24. The Hall–Kier alpha value is -1.89. The fourth-order valence-electron chi connectivity index (χ4n) is 2.91. The van der Waals surface area contributed by atoms with Crippen LogP contribution in [-0.4, -0.2) is 49.4 Å². The number of rotatable bonds is 4. The third-order valence-electron chi connectivity index (χ3n) is 4.31. The van der Waals surface area contributed by atoms with Gasteiger partial charge in [-0.3, -0.25) is 9.78 Å². The summed E-state index contributed by atoms with van der Waals surface area (Å²) in [7, 11) is 1.93. The van der Waals surface area contributed by atoms with E-state index >= 15 is 0 Å². The Labute approximate surface area is 146 Å². The highest BCUT2D eigenvalue weighted by atomic mass is 32.2. The molecule has 0 saturated carbocycles. The van der Waals surface area contributed by atoms with Gasteiger partial charge in [-0.2, -0.15) is 0 Å². The number of thioether (sulfide) groups is 1. The van der Waals surface area contributed by atoms with E-state index in [-0.39, 0.29) is 5.91 Å². The van der Waals surface area contributed by atoms with E-state index in [1.54, 1.807) is 12.4 Å². The van der Waals surface area contributed by atoms with Gasteiger partial charge in [0, 0.05) is 38.1 Å². The van der Waals surface area contributed by atoms with Gasteiger partial charge in [0.25, 0.3) is 0 Å². The van der Waals surface area contributed by atoms with Crippen molar-refractivity contribution >= 4 is 17.7 Å². The molecule has 2 aromatic heterocycles. The highest BCUT2D eigenvalue weighted by molar-refractivity contribution is 7.99. The van der Waals surface area contributed by atoms with E-state index in [2.05, 4.69) is 15.2 Å². The average Bonchev–Trinajstić information content (AvgIpc) is 2.94. The molecule has 0 unspecified atom stereocenters. The maximum atomic E-state index is 12.5. The van der Waals surface area contributed by atoms with E-state index < -0.39 is 0 Å². The van der Waals surface area contributed by atoms with Crippen LogP contribution in [0, 0.1) is 0 Å². The first-order valence-electron chi connectivity index (χ1n) is 8.46. The number of amides is 1. The van der Waals surface area contributed by atoms with Crippen LogP contribution in [0.3, 0.4) is 0 Å². The van der Waals surface area contributed by atoms with Crippen LogP contribution in [0.4, 0.5) is 0 Å². The number of pyridine rings is 1. The molecule has 1 amide bonds. The van der Waals surface area contributed by atoms with Gasteiger partial charge >= 0.3 is 0 Å². The standard InChI is InChI=1S/C17H23N5OS/c1-21-16(14-7-9-18-10-8-14)19-20-17(21)24-13-15(23)22-11-5-3-2-4-6-12-22/h7-10H,2-6,11-13H2,1H3. The van der Waals surface area contributed by atoms with Gasteiger partial charge in [0.2, 0.25) is 5.91 Å². The Bertz CT molecular complexity index is 665. The van der Waals surface area contributed by atoms with Gasteiger partial charge in [0.05, 0.1) is 5.75 Å². The smallest absolute Gasteiger partial charge is 0.233 e. The Balaban J connectivity index is 1.60. The molecule has 24 heavy (non-hydrogen) atoms. The van der Waals surface area contributed by atoms with E-state index in [0.717, 1.165) is 42.5 Å². The summed E-state index contributed by atoms with van der Waals surface area (Å²) in [5.74, 6) is 1.41. The van der Waals surface area contributed by atoms with Crippen molar-refractivity contribution in [3.05, 3.63) is 24.5 Å². The number of hydrogen-bond acceptors (Lipinski definition) is 5. The summed E-state index contributed by atoms with van der Waals surface area (Å²) in [6.07, 6.45) is 9.47. The molecule has 1 fully saturated rings. The fourth-order valence-corrected chi connectivity index (χ4v) is 3.72. The van der Waals surface area contributed by atoms with Crippen molar-refractivity contribution < 1.29 is 4.79 Å². The molecule has 0 aromatic carbocycles. The summed E-state index contributed by atoms with van der Waals surface area (Å²) in [6.45, 7) is 1.78. The zero-order valence-corrected chi connectivity index (χ0v) is 14.8. The highest BCUT2D eigenvalue weighted by Gasteiger charge is 2.17. The van der Waals surface area contributed by atoms with Crippen molar-refractivity contribution in [1.29, 1.82) is 0 Å². The molecule has 7 heteroatoms. The Morgan fingerprint density at radius 3 is 2.46 bits per heavy atom. The van der Waals surface area contributed by atoms with Crippen LogP contribution in [0.15, 0.2) is 29.7 Å². The molecule has 3 rings (SSSR count). The first-order chi connectivity index (χ1) is 11.8. The van der Waals surface area contributed by atoms with Gasteiger partial charge in [-0.1, -0.05) is 31.0 Å². The second-order valence-corrected chi connectivity index (χ2v) is 6.98. The summed E-state index contributed by atoms with van der Waals surface area (Å²) in [6, 6.07) is 3.81. The molecule has 128 valence electrons. The number of likely N-dealkylation sites (tertiary alicyclic amines) is 1. The predicted molar refractivity (Wildman–Crippen MR) is 94.6 cm³/mol. The van der Waals surface area contributed by atoms with Crippen LogP contribution in [0.25, 0.3) is 11.4 Å². The molecule has 0 radical (unpaired) electrons. The van der Waals surface area contributed by atoms with Crippen LogP contribution in [-0.2, 0) is 11.8 Å². The summed E-state index contributed by atoms with van der Waals surface area (Å²) >= 11 is 1.46. The van der Waals surface area contributed by atoms with Crippen LogP contribution < -0.4 is 0 Å². The zero-order valence-electron chi connectivity index (χ0n) is 14.0. The fraction of sp³-hybridized carbons (Fsp3) is 0.529. The Morgan fingerprint density at radius 2 is 1.75 bits per heavy atom. The van der Waals surface area contributed by atoms with Crippen molar-refractivity contribution in [3.8, 4) is 11.4 Å². The van der Waals surface area contributed by atoms with Gasteiger partial charge in [0.15, 0.2) is 11.0 Å². The number of hydrogen-bond donors (Lipinski definition) is 0. The molecule has 0 atom stereocenters. The number of aromatic nitrogens is 4. The Kier molecular flexibility index (Phi) is 5.85. The highest BCUT2D eigenvalue weighted by Crippen LogP contribution is 2.22. The molecule has 1 aliphatic rings. The molecule has 2 aromatic rings. The normalized spacial score (nSPS) is 15.8. The first kappa shape index (κ1) is 17.0. The summed E-state index contributed by atoms with van der Waals surface area (Å²) in [5, 5.41) is 9.24. The van der Waals surface area contributed by atoms with E-state index in [9.17, 15) is 4.79 Å². The minimum atomic E-state index is 0.204. The molecular weight excluding hydrogens is 322 g/mol. The molecular formula is C17H23N5OS. The summed E-state index contributed by atoms with van der Waals surface area (Å²) in [5.41, 5.74) is 0.974. The molecule has 0 N–H and O–H groups in total. The lowest BCUT2D eigenvalue weighted by Crippen LogP contribution is -2.35. The zero-order chi connectivity index (χ0) is 16.8. The monoisotopic (exact) mass is 345 g/mol. The van der Waals surface area contributed by atoms with E-state index in [1.165, 1.54) is 31.0 Å². The average molecular weight is 345 g/mol. The molecule has 0 aliphatic carbocycles. The minimum absolute atomic E-state index is 0.204. The number of nitrogens with zero attached hydrogens (tertiary/aromatic N) is 5. The molecule has 1 aliphatic heterocycles. The van der Waals surface area contributed by atoms with Crippen LogP contribution >= 0.6 is 11.8 Å². The van der Waals surface area contributed by atoms with E-state index in [1.807, 2.05) is 28.6 Å². The summed E-state index contributed by atoms with van der Waals surface area (Å²) in [4.78, 5) is 18.5. The second kappa shape index (κ2) is 8.28. The van der Waals surface area contributed by atoms with Gasteiger partial charge in [-0.15, -0.1) is 10.2 Å². The lowest BCUT2D eigenvalue weighted by molar-refractivity contribution is -0.128. The quantitative estimate of drug-likeness (QED) is 0.797. The second-order valence-electron chi connectivity index (χ2n) is 6.04. The van der Waals surface area contributed by atoms with Gasteiger partial charge in [-0.25, -0.2) is 0 Å². The van der Waals surface area contributed by atoms with E-state index in [4.69, 9.17) is 0 Å². The summed E-state index contributed by atoms with van der Waals surface area (Å²) < 4.78 is 1.93. The predicted octanol–water partition coefficient (Wildman–Crippen LogP) is 2.76. The lowest BCUT2D eigenvalue weighted by atomic mass is 10.1. The topological polar surface area (TPSA) is 63.9 Å². The van der Waals surface area contributed by atoms with Gasteiger partial charge in [0.1, 0.15) is 0 Å². The third kappa shape index (κ3) is 4.14. The molecule has 6 nitrogen and oxygen atoms in total. The first-order valence-corrected chi connectivity index (χ1v) is 9.44. The van der Waals surface area contributed by atoms with Gasteiger partial charge < -0.3 is 9.47 Å². The largest absolute Gasteiger partial charge is 0.342 e. The van der Waals surface area contributed by atoms with Crippen molar-refractivity contribution in [2.45, 2.75) is 37.3 Å². The van der Waals surface area contributed by atoms with Crippen LogP contribution in [0.2, 0.25) is 0 Å². The van der Waals surface area contributed by atoms with Crippen molar-refractivity contribution in [2.75, 3.05) is 18.8 Å². The molecule has 1 saturated heterocycles. The van der Waals surface area contributed by atoms with Gasteiger partial charge in [-0.05, 0) is 25.0 Å². The van der Waals surface area contributed by atoms with Crippen LogP contribution in [0.1, 0.15) is 32.1 Å². The van der Waals surface area contributed by atoms with Crippen molar-refractivity contribution in [1.82, 2.24) is 24.6 Å². The Morgan fingerprint density at radius 1 is 1.08 bits per heavy atom. The number of carbonyl (C=O) groups is 1. The number of carbonyl (C=O) groups excluding carboxylic acids is 1. The SMILES string of the molecule is Cn1c(SCC(=O)N2CCCCCCC2)nnc1-c1ccncc1. The molecule has 0 bridgehead atoms. The maximum absolute atomic E-state index is 12.5. The minimum Gasteiger partial charge on any atom is -0.342 e. The van der Waals surface area contributed by atoms with Crippen molar-refractivity contribution in [2.24, 2.45) is 7.05 Å². The third-order valence-corrected chi connectivity index (χ3v) is 5.31. The van der Waals surface area contributed by atoms with Crippen LogP contribution in [0.5, 0.6) is 0 Å².